The minimum atomic E-state index is -0.494. The topological polar surface area (TPSA) is 64.1 Å². The van der Waals surface area contributed by atoms with Crippen LogP contribution in [0.4, 0.5) is 0 Å². The molecule has 1 fully saturated rings. The van der Waals surface area contributed by atoms with Crippen molar-refractivity contribution in [2.24, 2.45) is 12.8 Å². The third kappa shape index (κ3) is 2.83. The summed E-state index contributed by atoms with van der Waals surface area (Å²) < 4.78 is 1.80. The second-order valence-corrected chi connectivity index (χ2v) is 5.08. The molecule has 4 heteroatoms. The molecule has 1 aliphatic rings. The molecule has 0 bridgehead atoms. The van der Waals surface area contributed by atoms with Crippen molar-refractivity contribution < 1.29 is 5.11 Å². The SMILES string of the molecule is Cn1cc(CCC2(O)CCC(N)CC2)cn1. The Morgan fingerprint density at radius 1 is 1.56 bits per heavy atom. The largest absolute Gasteiger partial charge is 0.390 e. The van der Waals surface area contributed by atoms with E-state index >= 15 is 0 Å². The van der Waals surface area contributed by atoms with E-state index in [0.29, 0.717) is 6.04 Å². The Hall–Kier alpha value is -0.870. The predicted octanol–water partition coefficient (Wildman–Crippen LogP) is 0.985. The lowest BCUT2D eigenvalue weighted by atomic mass is 9.79. The zero-order valence-corrected chi connectivity index (χ0v) is 9.89. The molecule has 1 saturated carbocycles. The first-order chi connectivity index (χ1) is 7.57. The van der Waals surface area contributed by atoms with Gasteiger partial charge in [-0.05, 0) is 44.1 Å². The highest BCUT2D eigenvalue weighted by molar-refractivity contribution is 5.05. The van der Waals surface area contributed by atoms with Gasteiger partial charge in [0.05, 0.1) is 11.8 Å². The molecule has 0 saturated heterocycles. The van der Waals surface area contributed by atoms with Gasteiger partial charge in [0.25, 0.3) is 0 Å². The van der Waals surface area contributed by atoms with Crippen LogP contribution in [-0.2, 0) is 13.5 Å². The number of aryl methyl sites for hydroxylation is 2. The highest BCUT2D eigenvalue weighted by Crippen LogP contribution is 2.31. The molecule has 1 heterocycles. The number of hydrogen-bond acceptors (Lipinski definition) is 3. The number of rotatable bonds is 3. The first-order valence-corrected chi connectivity index (χ1v) is 6.03. The molecule has 0 aromatic carbocycles. The fraction of sp³-hybridized carbons (Fsp3) is 0.750. The van der Waals surface area contributed by atoms with Crippen LogP contribution in [0.25, 0.3) is 0 Å². The van der Waals surface area contributed by atoms with Crippen LogP contribution in [0.1, 0.15) is 37.7 Å². The molecule has 0 spiro atoms. The molecule has 1 aromatic heterocycles. The van der Waals surface area contributed by atoms with Gasteiger partial charge in [-0.1, -0.05) is 0 Å². The van der Waals surface area contributed by atoms with Gasteiger partial charge in [0.1, 0.15) is 0 Å². The lowest BCUT2D eigenvalue weighted by Gasteiger charge is -2.34. The van der Waals surface area contributed by atoms with Gasteiger partial charge in [-0.2, -0.15) is 5.10 Å². The zero-order chi connectivity index (χ0) is 11.6. The Morgan fingerprint density at radius 3 is 2.81 bits per heavy atom. The maximum absolute atomic E-state index is 10.4. The van der Waals surface area contributed by atoms with Crippen LogP contribution in [0.15, 0.2) is 12.4 Å². The molecule has 0 atom stereocenters. The first-order valence-electron chi connectivity index (χ1n) is 6.03. The average molecular weight is 223 g/mol. The van der Waals surface area contributed by atoms with Crippen molar-refractivity contribution in [3.8, 4) is 0 Å². The van der Waals surface area contributed by atoms with E-state index in [1.165, 1.54) is 5.56 Å². The van der Waals surface area contributed by atoms with E-state index in [1.807, 2.05) is 19.4 Å². The van der Waals surface area contributed by atoms with Crippen LogP contribution in [0, 0.1) is 0 Å². The Kier molecular flexibility index (Phi) is 3.30. The minimum Gasteiger partial charge on any atom is -0.390 e. The average Bonchev–Trinajstić information content (AvgIpc) is 2.67. The molecule has 2 rings (SSSR count). The summed E-state index contributed by atoms with van der Waals surface area (Å²) in [4.78, 5) is 0. The molecule has 3 N–H and O–H groups in total. The summed E-state index contributed by atoms with van der Waals surface area (Å²) in [6.45, 7) is 0. The number of hydrogen-bond donors (Lipinski definition) is 2. The van der Waals surface area contributed by atoms with Crippen molar-refractivity contribution in [2.45, 2.75) is 50.2 Å². The van der Waals surface area contributed by atoms with Crippen LogP contribution in [0.3, 0.4) is 0 Å². The summed E-state index contributed by atoms with van der Waals surface area (Å²) in [6, 6.07) is 0.290. The van der Waals surface area contributed by atoms with Crippen LogP contribution in [0.5, 0.6) is 0 Å². The molecule has 0 aliphatic heterocycles. The van der Waals surface area contributed by atoms with E-state index < -0.39 is 5.60 Å². The summed E-state index contributed by atoms with van der Waals surface area (Å²) in [5, 5.41) is 14.5. The molecule has 0 radical (unpaired) electrons. The molecule has 0 amide bonds. The second-order valence-electron chi connectivity index (χ2n) is 5.08. The number of nitrogens with zero attached hydrogens (tertiary/aromatic N) is 2. The molecular formula is C12H21N3O. The maximum Gasteiger partial charge on any atom is 0.0652 e. The van der Waals surface area contributed by atoms with Gasteiger partial charge < -0.3 is 10.8 Å². The molecule has 4 nitrogen and oxygen atoms in total. The quantitative estimate of drug-likeness (QED) is 0.803. The Bertz CT molecular complexity index is 340. The van der Waals surface area contributed by atoms with Gasteiger partial charge in [0.15, 0.2) is 0 Å². The summed E-state index contributed by atoms with van der Waals surface area (Å²) in [6.07, 6.45) is 9.19. The van der Waals surface area contributed by atoms with Gasteiger partial charge >= 0.3 is 0 Å². The first kappa shape index (κ1) is 11.6. The van der Waals surface area contributed by atoms with Crippen molar-refractivity contribution in [1.29, 1.82) is 0 Å². The predicted molar refractivity (Wildman–Crippen MR) is 62.9 cm³/mol. The standard InChI is InChI=1S/C12H21N3O/c1-15-9-10(8-14-15)2-5-12(16)6-3-11(13)4-7-12/h8-9,11,16H,2-7,13H2,1H3. The number of aromatic nitrogens is 2. The minimum absolute atomic E-state index is 0.290. The van der Waals surface area contributed by atoms with Crippen LogP contribution in [0.2, 0.25) is 0 Å². The summed E-state index contributed by atoms with van der Waals surface area (Å²) in [5.41, 5.74) is 6.55. The van der Waals surface area contributed by atoms with E-state index in [2.05, 4.69) is 5.10 Å². The van der Waals surface area contributed by atoms with Gasteiger partial charge in [-0.25, -0.2) is 0 Å². The lowest BCUT2D eigenvalue weighted by Crippen LogP contribution is -2.39. The van der Waals surface area contributed by atoms with Crippen molar-refractivity contribution in [3.63, 3.8) is 0 Å². The van der Waals surface area contributed by atoms with E-state index in [-0.39, 0.29) is 0 Å². The number of aliphatic hydroxyl groups is 1. The Balaban J connectivity index is 1.85. The zero-order valence-electron chi connectivity index (χ0n) is 9.89. The smallest absolute Gasteiger partial charge is 0.0652 e. The summed E-state index contributed by atoms with van der Waals surface area (Å²) in [5.74, 6) is 0. The molecule has 0 unspecified atom stereocenters. The lowest BCUT2D eigenvalue weighted by molar-refractivity contribution is -0.00751. The molecule has 1 aromatic rings. The Labute approximate surface area is 96.5 Å². The van der Waals surface area contributed by atoms with Crippen LogP contribution in [-0.4, -0.2) is 26.5 Å². The van der Waals surface area contributed by atoms with Crippen molar-refractivity contribution >= 4 is 0 Å². The summed E-state index contributed by atoms with van der Waals surface area (Å²) in [7, 11) is 1.91. The van der Waals surface area contributed by atoms with Gasteiger partial charge in [-0.15, -0.1) is 0 Å². The number of nitrogens with two attached hydrogens (primary N) is 1. The van der Waals surface area contributed by atoms with Gasteiger partial charge in [0, 0.05) is 19.3 Å². The molecular weight excluding hydrogens is 202 g/mol. The Morgan fingerprint density at radius 2 is 2.25 bits per heavy atom. The van der Waals surface area contributed by atoms with E-state index in [1.54, 1.807) is 4.68 Å². The second kappa shape index (κ2) is 4.55. The van der Waals surface area contributed by atoms with E-state index in [9.17, 15) is 5.11 Å². The van der Waals surface area contributed by atoms with Crippen molar-refractivity contribution in [3.05, 3.63) is 18.0 Å². The highest BCUT2D eigenvalue weighted by Gasteiger charge is 2.31. The third-order valence-electron chi connectivity index (χ3n) is 3.60. The van der Waals surface area contributed by atoms with Gasteiger partial charge in [-0.3, -0.25) is 4.68 Å². The fourth-order valence-corrected chi connectivity index (χ4v) is 2.41. The molecule has 90 valence electrons. The summed E-state index contributed by atoms with van der Waals surface area (Å²) >= 11 is 0. The maximum atomic E-state index is 10.4. The van der Waals surface area contributed by atoms with Gasteiger partial charge in [0.2, 0.25) is 0 Å². The normalized spacial score (nSPS) is 30.6. The highest BCUT2D eigenvalue weighted by atomic mass is 16.3. The van der Waals surface area contributed by atoms with E-state index in [0.717, 1.165) is 38.5 Å². The van der Waals surface area contributed by atoms with Crippen LogP contribution < -0.4 is 5.73 Å². The van der Waals surface area contributed by atoms with Crippen molar-refractivity contribution in [1.82, 2.24) is 9.78 Å². The molecule has 1 aliphatic carbocycles. The van der Waals surface area contributed by atoms with Crippen molar-refractivity contribution in [2.75, 3.05) is 0 Å². The third-order valence-corrected chi connectivity index (χ3v) is 3.60. The monoisotopic (exact) mass is 223 g/mol. The van der Waals surface area contributed by atoms with E-state index in [4.69, 9.17) is 5.73 Å². The fourth-order valence-electron chi connectivity index (χ4n) is 2.41. The molecule has 16 heavy (non-hydrogen) atoms. The van der Waals surface area contributed by atoms with Crippen LogP contribution >= 0.6 is 0 Å².